The third-order valence-electron chi connectivity index (χ3n) is 4.25. The van der Waals surface area contributed by atoms with Gasteiger partial charge >= 0.3 is 0 Å². The van der Waals surface area contributed by atoms with Crippen molar-refractivity contribution in [3.05, 3.63) is 12.7 Å². The zero-order valence-electron chi connectivity index (χ0n) is 12.8. The smallest absolute Gasteiger partial charge is 0.191 e. The molecule has 0 amide bonds. The Labute approximate surface area is 132 Å². The molecule has 1 saturated carbocycles. The molecule has 2 N–H and O–H groups in total. The van der Waals surface area contributed by atoms with E-state index in [-0.39, 0.29) is 29.4 Å². The normalized spacial score (nSPS) is 30.7. The van der Waals surface area contributed by atoms with E-state index in [1.165, 1.54) is 0 Å². The van der Waals surface area contributed by atoms with Gasteiger partial charge in [-0.05, 0) is 31.6 Å². The molecule has 2 rings (SSSR count). The summed E-state index contributed by atoms with van der Waals surface area (Å²) >= 11 is 0. The molecule has 122 valence electrons. The third kappa shape index (κ3) is 4.73. The van der Waals surface area contributed by atoms with Gasteiger partial charge in [0.05, 0.1) is 23.5 Å². The molecule has 3 unspecified atom stereocenters. The van der Waals surface area contributed by atoms with Crippen molar-refractivity contribution >= 4 is 15.8 Å². The maximum Gasteiger partial charge on any atom is 0.191 e. The van der Waals surface area contributed by atoms with Crippen LogP contribution in [-0.2, 0) is 9.84 Å². The van der Waals surface area contributed by atoms with Crippen LogP contribution in [-0.4, -0.2) is 45.0 Å². The summed E-state index contributed by atoms with van der Waals surface area (Å²) in [7, 11) is -2.86. The summed E-state index contributed by atoms with van der Waals surface area (Å²) in [6, 6.07) is 2.46. The van der Waals surface area contributed by atoms with E-state index in [1.807, 2.05) is 0 Å². The molecule has 3 atom stereocenters. The average Bonchev–Trinajstić information content (AvgIpc) is 3.07. The number of guanidine groups is 1. The Bertz CT molecular complexity index is 565. The van der Waals surface area contributed by atoms with Crippen molar-refractivity contribution in [2.75, 3.05) is 24.6 Å². The molecule has 22 heavy (non-hydrogen) atoms. The van der Waals surface area contributed by atoms with E-state index in [2.05, 4.69) is 28.3 Å². The monoisotopic (exact) mass is 324 g/mol. The van der Waals surface area contributed by atoms with Gasteiger partial charge < -0.3 is 10.6 Å². The van der Waals surface area contributed by atoms with Crippen LogP contribution in [0, 0.1) is 23.2 Å². The van der Waals surface area contributed by atoms with Gasteiger partial charge in [0.25, 0.3) is 0 Å². The quantitative estimate of drug-likeness (QED) is 0.444. The molecular formula is C15H24N4O2S. The third-order valence-corrected chi connectivity index (χ3v) is 6.09. The van der Waals surface area contributed by atoms with Gasteiger partial charge in [-0.3, -0.25) is 4.99 Å². The van der Waals surface area contributed by atoms with E-state index in [1.54, 1.807) is 6.08 Å². The summed E-state index contributed by atoms with van der Waals surface area (Å²) in [5.41, 5.74) is 0. The van der Waals surface area contributed by atoms with Crippen LogP contribution in [0.3, 0.4) is 0 Å². The highest BCUT2D eigenvalue weighted by atomic mass is 32.2. The molecule has 0 aromatic rings. The Morgan fingerprint density at radius 3 is 2.86 bits per heavy atom. The molecule has 2 aliphatic rings. The van der Waals surface area contributed by atoms with Crippen LogP contribution in [0.5, 0.6) is 0 Å². The number of sulfone groups is 1. The van der Waals surface area contributed by atoms with Crippen LogP contribution in [0.15, 0.2) is 17.6 Å². The van der Waals surface area contributed by atoms with Crippen LogP contribution < -0.4 is 10.6 Å². The van der Waals surface area contributed by atoms with Crippen molar-refractivity contribution in [3.63, 3.8) is 0 Å². The molecule has 1 aliphatic heterocycles. The van der Waals surface area contributed by atoms with Gasteiger partial charge in [-0.2, -0.15) is 5.26 Å². The van der Waals surface area contributed by atoms with E-state index >= 15 is 0 Å². The Morgan fingerprint density at radius 1 is 1.41 bits per heavy atom. The molecule has 6 nitrogen and oxygen atoms in total. The zero-order valence-corrected chi connectivity index (χ0v) is 13.6. The maximum atomic E-state index is 11.5. The number of nitriles is 1. The van der Waals surface area contributed by atoms with E-state index in [0.717, 1.165) is 19.3 Å². The van der Waals surface area contributed by atoms with Crippen molar-refractivity contribution in [3.8, 4) is 6.07 Å². The van der Waals surface area contributed by atoms with Gasteiger partial charge in [0.2, 0.25) is 0 Å². The molecule has 0 aromatic carbocycles. The first-order valence-corrected chi connectivity index (χ1v) is 9.62. The lowest BCUT2D eigenvalue weighted by Gasteiger charge is -2.19. The number of rotatable bonds is 5. The predicted octanol–water partition coefficient (Wildman–Crippen LogP) is 0.835. The number of hydrogen-bond donors (Lipinski definition) is 2. The molecule has 0 spiro atoms. The number of hydrogen-bond acceptors (Lipinski definition) is 4. The highest BCUT2D eigenvalue weighted by molar-refractivity contribution is 7.91. The molecule has 0 bridgehead atoms. The first kappa shape index (κ1) is 16.8. The second kappa shape index (κ2) is 7.63. The van der Waals surface area contributed by atoms with Gasteiger partial charge in [-0.1, -0.05) is 6.08 Å². The SMILES string of the molecule is C=CCNC(=NCC1CCS(=O)(=O)C1)NC1CCCC1C#N. The highest BCUT2D eigenvalue weighted by Crippen LogP contribution is 2.24. The second-order valence-electron chi connectivity index (χ2n) is 6.05. The minimum Gasteiger partial charge on any atom is -0.353 e. The van der Waals surface area contributed by atoms with Gasteiger partial charge in [0, 0.05) is 19.1 Å². The van der Waals surface area contributed by atoms with Gasteiger partial charge in [0.15, 0.2) is 15.8 Å². The topological polar surface area (TPSA) is 94.3 Å². The van der Waals surface area contributed by atoms with Crippen molar-refractivity contribution in [1.29, 1.82) is 5.26 Å². The van der Waals surface area contributed by atoms with E-state index in [4.69, 9.17) is 5.26 Å². The molecule has 1 heterocycles. The summed E-state index contributed by atoms with van der Waals surface area (Å²) in [6.07, 6.45) is 5.36. The number of aliphatic imine (C=N–C) groups is 1. The first-order chi connectivity index (χ1) is 10.5. The molecule has 0 aromatic heterocycles. The standard InChI is InChI=1S/C15H24N4O2S/c1-2-7-17-15(19-14-5-3-4-13(14)9-16)18-10-12-6-8-22(20,21)11-12/h2,12-14H,1,3-8,10-11H2,(H2,17,18,19). The Morgan fingerprint density at radius 2 is 2.23 bits per heavy atom. The largest absolute Gasteiger partial charge is 0.353 e. The Balaban J connectivity index is 1.94. The maximum absolute atomic E-state index is 11.5. The molecule has 2 fully saturated rings. The van der Waals surface area contributed by atoms with Crippen molar-refractivity contribution in [2.24, 2.45) is 16.8 Å². The summed E-state index contributed by atoms with van der Waals surface area (Å²) in [5.74, 6) is 1.27. The predicted molar refractivity (Wildman–Crippen MR) is 87.1 cm³/mol. The molecule has 0 radical (unpaired) electrons. The lowest BCUT2D eigenvalue weighted by molar-refractivity contribution is 0.529. The van der Waals surface area contributed by atoms with E-state index in [0.29, 0.717) is 25.5 Å². The second-order valence-corrected chi connectivity index (χ2v) is 8.27. The van der Waals surface area contributed by atoms with Gasteiger partial charge in [-0.15, -0.1) is 6.58 Å². The number of nitrogens with one attached hydrogen (secondary N) is 2. The minimum atomic E-state index is -2.86. The van der Waals surface area contributed by atoms with Crippen LogP contribution >= 0.6 is 0 Å². The van der Waals surface area contributed by atoms with Crippen LogP contribution in [0.4, 0.5) is 0 Å². The van der Waals surface area contributed by atoms with Gasteiger partial charge in [-0.25, -0.2) is 8.42 Å². The van der Waals surface area contributed by atoms with Crippen molar-refractivity contribution < 1.29 is 8.42 Å². The molecular weight excluding hydrogens is 300 g/mol. The fourth-order valence-corrected chi connectivity index (χ4v) is 4.87. The Hall–Kier alpha value is -1.55. The lowest BCUT2D eigenvalue weighted by atomic mass is 10.1. The summed E-state index contributed by atoms with van der Waals surface area (Å²) in [6.45, 7) is 4.75. The fraction of sp³-hybridized carbons (Fsp3) is 0.733. The van der Waals surface area contributed by atoms with E-state index < -0.39 is 9.84 Å². The molecule has 1 aliphatic carbocycles. The summed E-state index contributed by atoms with van der Waals surface area (Å²) < 4.78 is 23.0. The molecule has 1 saturated heterocycles. The summed E-state index contributed by atoms with van der Waals surface area (Å²) in [4.78, 5) is 4.51. The van der Waals surface area contributed by atoms with Gasteiger partial charge in [0.1, 0.15) is 0 Å². The van der Waals surface area contributed by atoms with E-state index in [9.17, 15) is 8.42 Å². The van der Waals surface area contributed by atoms with Crippen molar-refractivity contribution in [2.45, 2.75) is 31.7 Å². The average molecular weight is 324 g/mol. The van der Waals surface area contributed by atoms with Crippen LogP contribution in [0.1, 0.15) is 25.7 Å². The number of nitrogens with zero attached hydrogens (tertiary/aromatic N) is 2. The highest BCUT2D eigenvalue weighted by Gasteiger charge is 2.29. The fourth-order valence-electron chi connectivity index (χ4n) is 3.02. The molecule has 7 heteroatoms. The van der Waals surface area contributed by atoms with Crippen LogP contribution in [0.2, 0.25) is 0 Å². The Kier molecular flexibility index (Phi) is 5.83. The lowest BCUT2D eigenvalue weighted by Crippen LogP contribution is -2.45. The van der Waals surface area contributed by atoms with Crippen LogP contribution in [0.25, 0.3) is 0 Å². The minimum absolute atomic E-state index is 0.0163. The summed E-state index contributed by atoms with van der Waals surface area (Å²) in [5, 5.41) is 15.6. The van der Waals surface area contributed by atoms with Crippen molar-refractivity contribution in [1.82, 2.24) is 10.6 Å². The zero-order chi connectivity index (χ0) is 16.0. The first-order valence-electron chi connectivity index (χ1n) is 7.80.